The van der Waals surface area contributed by atoms with Gasteiger partial charge in [-0.25, -0.2) is 14.8 Å². The molecule has 1 amide bonds. The van der Waals surface area contributed by atoms with Crippen LogP contribution in [0, 0.1) is 0 Å². The second-order valence-corrected chi connectivity index (χ2v) is 5.69. The van der Waals surface area contributed by atoms with Crippen molar-refractivity contribution in [2.45, 2.75) is 0 Å². The average molecular weight is 386 g/mol. The first-order chi connectivity index (χ1) is 13.0. The van der Waals surface area contributed by atoms with Gasteiger partial charge in [-0.3, -0.25) is 19.6 Å². The summed E-state index contributed by atoms with van der Waals surface area (Å²) in [6.07, 6.45) is 3.79. The van der Waals surface area contributed by atoms with E-state index in [1.165, 1.54) is 42.7 Å². The van der Waals surface area contributed by atoms with Gasteiger partial charge in [-0.05, 0) is 36.4 Å². The summed E-state index contributed by atoms with van der Waals surface area (Å²) in [6, 6.07) is 9.14. The van der Waals surface area contributed by atoms with Crippen molar-refractivity contribution in [2.75, 3.05) is 0 Å². The van der Waals surface area contributed by atoms with Crippen LogP contribution < -0.4 is 16.7 Å². The molecule has 0 aliphatic rings. The van der Waals surface area contributed by atoms with Crippen molar-refractivity contribution in [2.24, 2.45) is 5.10 Å². The molecule has 10 heteroatoms. The normalized spacial score (nSPS) is 10.9. The maximum absolute atomic E-state index is 12.1. The van der Waals surface area contributed by atoms with Crippen molar-refractivity contribution in [1.82, 2.24) is 20.0 Å². The highest BCUT2D eigenvalue weighted by Gasteiger charge is 2.14. The van der Waals surface area contributed by atoms with E-state index < -0.39 is 23.0 Å². The maximum Gasteiger partial charge on any atom is 0.335 e. The van der Waals surface area contributed by atoms with E-state index in [2.05, 4.69) is 20.5 Å². The average Bonchev–Trinajstić information content (AvgIpc) is 2.66. The third-order valence-electron chi connectivity index (χ3n) is 3.49. The fraction of sp³-hybridized carbons (Fsp3) is 0. The molecule has 0 saturated carbocycles. The number of carbonyl (C=O) groups is 1. The Labute approximate surface area is 156 Å². The largest absolute Gasteiger partial charge is 0.493 e. The number of nitrogens with zero attached hydrogens (tertiary/aromatic N) is 3. The predicted octanol–water partition coefficient (Wildman–Crippen LogP) is 1.04. The second-order valence-electron chi connectivity index (χ2n) is 5.25. The van der Waals surface area contributed by atoms with Crippen LogP contribution >= 0.6 is 11.6 Å². The first-order valence-corrected chi connectivity index (χ1v) is 7.93. The molecule has 0 bridgehead atoms. The molecule has 0 saturated heterocycles. The molecule has 0 radical (unpaired) electrons. The number of hydrogen-bond acceptors (Lipinski definition) is 6. The highest BCUT2D eigenvalue weighted by Crippen LogP contribution is 2.17. The first kappa shape index (κ1) is 18.1. The predicted molar refractivity (Wildman–Crippen MR) is 98.6 cm³/mol. The zero-order valence-corrected chi connectivity index (χ0v) is 14.3. The van der Waals surface area contributed by atoms with Gasteiger partial charge in [0.25, 0.3) is 11.5 Å². The molecule has 0 fully saturated rings. The second kappa shape index (κ2) is 7.67. The fourth-order valence-corrected chi connectivity index (χ4v) is 2.33. The number of H-pyrrole nitrogens is 1. The summed E-state index contributed by atoms with van der Waals surface area (Å²) < 4.78 is 0.877. The van der Waals surface area contributed by atoms with Crippen molar-refractivity contribution >= 4 is 23.7 Å². The Morgan fingerprint density at radius 1 is 1.26 bits per heavy atom. The van der Waals surface area contributed by atoms with Crippen LogP contribution in [0.25, 0.3) is 5.69 Å². The van der Waals surface area contributed by atoms with Gasteiger partial charge in [0.05, 0.1) is 17.5 Å². The zero-order chi connectivity index (χ0) is 19.4. The van der Waals surface area contributed by atoms with E-state index in [4.69, 9.17) is 11.6 Å². The summed E-state index contributed by atoms with van der Waals surface area (Å²) in [7, 11) is 0. The van der Waals surface area contributed by atoms with Crippen LogP contribution in [0.1, 0.15) is 15.9 Å². The van der Waals surface area contributed by atoms with Crippen LogP contribution in [-0.4, -0.2) is 31.8 Å². The molecule has 1 aromatic carbocycles. The summed E-state index contributed by atoms with van der Waals surface area (Å²) >= 11 is 5.81. The molecule has 0 atom stereocenters. The quantitative estimate of drug-likeness (QED) is 0.456. The molecule has 2 heterocycles. The lowest BCUT2D eigenvalue weighted by Gasteiger charge is -2.09. The van der Waals surface area contributed by atoms with Gasteiger partial charge in [0.15, 0.2) is 0 Å². The third-order valence-corrected chi connectivity index (χ3v) is 3.74. The van der Waals surface area contributed by atoms with E-state index in [1.807, 2.05) is 0 Å². The van der Waals surface area contributed by atoms with E-state index in [-0.39, 0.29) is 16.8 Å². The zero-order valence-electron chi connectivity index (χ0n) is 13.6. The molecule has 3 N–H and O–H groups in total. The molecule has 0 spiro atoms. The molecule has 2 aromatic heterocycles. The van der Waals surface area contributed by atoms with E-state index in [0.717, 1.165) is 10.8 Å². The standard InChI is InChI=1S/C17H12ClN5O4/c18-11-3-5-12(6-4-11)23-16(26)13(15(25)21-17(23)27)9-20-22-14(24)10-2-1-7-19-8-10/h1-9,26H,(H,22,24)(H,21,25,27)/b20-9+. The minimum Gasteiger partial charge on any atom is -0.493 e. The number of hydrazone groups is 1. The molecule has 0 aliphatic heterocycles. The van der Waals surface area contributed by atoms with E-state index in [0.29, 0.717) is 5.02 Å². The topological polar surface area (TPSA) is 129 Å². The molecule has 9 nitrogen and oxygen atoms in total. The van der Waals surface area contributed by atoms with Gasteiger partial charge >= 0.3 is 5.69 Å². The van der Waals surface area contributed by atoms with Crippen LogP contribution in [0.15, 0.2) is 63.5 Å². The SMILES string of the molecule is O=C(N/N=C/c1c(O)n(-c2ccc(Cl)cc2)c(=O)[nH]c1=O)c1cccnc1. The molecule has 136 valence electrons. The molecular weight excluding hydrogens is 374 g/mol. The molecule has 27 heavy (non-hydrogen) atoms. The van der Waals surface area contributed by atoms with Crippen molar-refractivity contribution < 1.29 is 9.90 Å². The number of aromatic amines is 1. The Hall–Kier alpha value is -3.72. The Morgan fingerprint density at radius 3 is 2.67 bits per heavy atom. The number of hydrogen-bond donors (Lipinski definition) is 3. The summed E-state index contributed by atoms with van der Waals surface area (Å²) in [5.41, 5.74) is 0.747. The van der Waals surface area contributed by atoms with E-state index in [1.54, 1.807) is 6.07 Å². The Balaban J connectivity index is 1.93. The van der Waals surface area contributed by atoms with Crippen molar-refractivity contribution in [3.05, 3.63) is 85.8 Å². The Bertz CT molecular complexity index is 1120. The highest BCUT2D eigenvalue weighted by molar-refractivity contribution is 6.30. The number of benzene rings is 1. The van der Waals surface area contributed by atoms with Gasteiger partial charge in [0, 0.05) is 17.4 Å². The lowest BCUT2D eigenvalue weighted by molar-refractivity contribution is 0.0954. The molecular formula is C17H12ClN5O4. The van der Waals surface area contributed by atoms with Crippen LogP contribution in [0.5, 0.6) is 5.88 Å². The lowest BCUT2D eigenvalue weighted by Crippen LogP contribution is -2.31. The number of rotatable bonds is 4. The molecule has 3 aromatic rings. The van der Waals surface area contributed by atoms with Gasteiger partial charge in [-0.1, -0.05) is 11.6 Å². The maximum atomic E-state index is 12.1. The number of halogens is 1. The molecule has 0 aliphatic carbocycles. The molecule has 0 unspecified atom stereocenters. The van der Waals surface area contributed by atoms with Gasteiger partial charge in [-0.15, -0.1) is 0 Å². The van der Waals surface area contributed by atoms with Crippen molar-refractivity contribution in [3.63, 3.8) is 0 Å². The van der Waals surface area contributed by atoms with Gasteiger partial charge < -0.3 is 5.11 Å². The summed E-state index contributed by atoms with van der Waals surface area (Å²) in [5, 5.41) is 14.4. The minimum absolute atomic E-state index is 0.263. The smallest absolute Gasteiger partial charge is 0.335 e. The highest BCUT2D eigenvalue weighted by atomic mass is 35.5. The number of aromatic hydroxyl groups is 1. The fourth-order valence-electron chi connectivity index (χ4n) is 2.20. The van der Waals surface area contributed by atoms with Gasteiger partial charge in [0.1, 0.15) is 5.56 Å². The Morgan fingerprint density at radius 2 is 2.00 bits per heavy atom. The number of amides is 1. The van der Waals surface area contributed by atoms with Crippen molar-refractivity contribution in [3.8, 4) is 11.6 Å². The summed E-state index contributed by atoms with van der Waals surface area (Å²) in [6.45, 7) is 0. The number of aromatic nitrogens is 3. The van der Waals surface area contributed by atoms with Crippen LogP contribution in [0.2, 0.25) is 5.02 Å². The van der Waals surface area contributed by atoms with Crippen LogP contribution in [0.4, 0.5) is 0 Å². The Kier molecular flexibility index (Phi) is 5.13. The number of pyridine rings is 1. The van der Waals surface area contributed by atoms with Crippen molar-refractivity contribution in [1.29, 1.82) is 0 Å². The number of nitrogens with one attached hydrogen (secondary N) is 2. The van der Waals surface area contributed by atoms with E-state index in [9.17, 15) is 19.5 Å². The first-order valence-electron chi connectivity index (χ1n) is 7.55. The monoisotopic (exact) mass is 385 g/mol. The summed E-state index contributed by atoms with van der Waals surface area (Å²) in [4.78, 5) is 41.8. The lowest BCUT2D eigenvalue weighted by atomic mass is 10.3. The third kappa shape index (κ3) is 3.93. The minimum atomic E-state index is -0.859. The van der Waals surface area contributed by atoms with Crippen LogP contribution in [-0.2, 0) is 0 Å². The summed E-state index contributed by atoms with van der Waals surface area (Å²) in [5.74, 6) is -1.19. The van der Waals surface area contributed by atoms with Gasteiger partial charge in [-0.2, -0.15) is 5.10 Å². The van der Waals surface area contributed by atoms with E-state index >= 15 is 0 Å². The van der Waals surface area contributed by atoms with Crippen LogP contribution in [0.3, 0.4) is 0 Å². The molecule has 3 rings (SSSR count). The van der Waals surface area contributed by atoms with Gasteiger partial charge in [0.2, 0.25) is 5.88 Å². The number of carbonyl (C=O) groups excluding carboxylic acids is 1.